The molecule has 0 aromatic carbocycles. The van der Waals surface area contributed by atoms with Gasteiger partial charge in [-0.25, -0.2) is 4.98 Å². The van der Waals surface area contributed by atoms with Gasteiger partial charge in [0, 0.05) is 0 Å². The summed E-state index contributed by atoms with van der Waals surface area (Å²) < 4.78 is 5.37. The van der Waals surface area contributed by atoms with E-state index in [-0.39, 0.29) is 5.56 Å². The number of aromatic nitrogens is 2. The Balaban J connectivity index is 2.39. The standard InChI is InChI=1S/C11H18N2O2S/c1-3-4-5-6-7-15-9-8-12-11(16-2)13-10(9)14/h8H,3-7H2,1-2H3,(H,12,13,14). The molecular formula is C11H18N2O2S. The lowest BCUT2D eigenvalue weighted by molar-refractivity contribution is 0.298. The highest BCUT2D eigenvalue weighted by Gasteiger charge is 2.02. The Morgan fingerprint density at radius 1 is 1.44 bits per heavy atom. The van der Waals surface area contributed by atoms with Crippen molar-refractivity contribution < 1.29 is 4.74 Å². The van der Waals surface area contributed by atoms with E-state index < -0.39 is 0 Å². The lowest BCUT2D eigenvalue weighted by atomic mass is 10.2. The summed E-state index contributed by atoms with van der Waals surface area (Å²) in [5.74, 6) is 0.314. The van der Waals surface area contributed by atoms with Gasteiger partial charge in [0.15, 0.2) is 5.16 Å². The van der Waals surface area contributed by atoms with Gasteiger partial charge in [0.05, 0.1) is 12.8 Å². The molecule has 0 radical (unpaired) electrons. The summed E-state index contributed by atoms with van der Waals surface area (Å²) in [5, 5.41) is 0.614. The van der Waals surface area contributed by atoms with Crippen LogP contribution in [0.4, 0.5) is 0 Å². The van der Waals surface area contributed by atoms with Gasteiger partial charge in [-0.1, -0.05) is 37.9 Å². The van der Waals surface area contributed by atoms with Crippen LogP contribution in [0.1, 0.15) is 32.6 Å². The van der Waals surface area contributed by atoms with Crippen LogP contribution in [-0.4, -0.2) is 22.8 Å². The van der Waals surface area contributed by atoms with Crippen LogP contribution in [0.15, 0.2) is 16.1 Å². The van der Waals surface area contributed by atoms with E-state index in [9.17, 15) is 4.79 Å². The molecule has 0 unspecified atom stereocenters. The maximum absolute atomic E-state index is 11.5. The molecule has 0 saturated carbocycles. The second-order valence-corrected chi connectivity index (χ2v) is 4.29. The summed E-state index contributed by atoms with van der Waals surface area (Å²) in [7, 11) is 0. The third kappa shape index (κ3) is 4.26. The number of nitrogens with zero attached hydrogens (tertiary/aromatic N) is 1. The third-order valence-corrected chi connectivity index (χ3v) is 2.79. The third-order valence-electron chi connectivity index (χ3n) is 2.19. The molecule has 0 aliphatic heterocycles. The van der Waals surface area contributed by atoms with E-state index in [0.29, 0.717) is 17.5 Å². The molecular weight excluding hydrogens is 224 g/mol. The lowest BCUT2D eigenvalue weighted by Crippen LogP contribution is -2.13. The molecule has 0 amide bonds. The maximum Gasteiger partial charge on any atom is 0.293 e. The Morgan fingerprint density at radius 2 is 2.25 bits per heavy atom. The van der Waals surface area contributed by atoms with Crippen molar-refractivity contribution in [3.05, 3.63) is 16.6 Å². The summed E-state index contributed by atoms with van der Waals surface area (Å²) in [6.07, 6.45) is 7.89. The minimum atomic E-state index is -0.199. The predicted octanol–water partition coefficient (Wildman–Crippen LogP) is 2.45. The van der Waals surface area contributed by atoms with Gasteiger partial charge in [0.2, 0.25) is 5.75 Å². The van der Waals surface area contributed by atoms with Crippen molar-refractivity contribution in [2.24, 2.45) is 0 Å². The first-order chi connectivity index (χ1) is 7.77. The zero-order chi connectivity index (χ0) is 11.8. The molecule has 0 aliphatic carbocycles. The molecule has 0 fully saturated rings. The highest BCUT2D eigenvalue weighted by Crippen LogP contribution is 2.08. The zero-order valence-electron chi connectivity index (χ0n) is 9.78. The minimum absolute atomic E-state index is 0.199. The largest absolute Gasteiger partial charge is 0.487 e. The molecule has 0 spiro atoms. The SMILES string of the molecule is CCCCCCOc1cnc(SC)[nH]c1=O. The van der Waals surface area contributed by atoms with Crippen LogP contribution in [-0.2, 0) is 0 Å². The summed E-state index contributed by atoms with van der Waals surface area (Å²) >= 11 is 1.40. The summed E-state index contributed by atoms with van der Waals surface area (Å²) in [5.41, 5.74) is -0.199. The number of H-pyrrole nitrogens is 1. The Labute approximate surface area is 99.8 Å². The summed E-state index contributed by atoms with van der Waals surface area (Å²) in [6, 6.07) is 0. The van der Waals surface area contributed by atoms with E-state index in [1.165, 1.54) is 30.8 Å². The number of rotatable bonds is 7. The summed E-state index contributed by atoms with van der Waals surface area (Å²) in [4.78, 5) is 18.2. The van der Waals surface area contributed by atoms with E-state index in [1.807, 2.05) is 6.26 Å². The topological polar surface area (TPSA) is 55.0 Å². The molecule has 1 aromatic heterocycles. The van der Waals surface area contributed by atoms with Crippen molar-refractivity contribution in [1.29, 1.82) is 0 Å². The van der Waals surface area contributed by atoms with Crippen LogP contribution in [0.25, 0.3) is 0 Å². The molecule has 0 aliphatic rings. The van der Waals surface area contributed by atoms with Gasteiger partial charge in [0.25, 0.3) is 5.56 Å². The number of unbranched alkanes of at least 4 members (excludes halogenated alkanes) is 3. The Kier molecular flexibility index (Phi) is 6.00. The quantitative estimate of drug-likeness (QED) is 0.453. The molecule has 1 heterocycles. The molecule has 0 saturated heterocycles. The molecule has 16 heavy (non-hydrogen) atoms. The second-order valence-electron chi connectivity index (χ2n) is 3.49. The van der Waals surface area contributed by atoms with E-state index in [2.05, 4.69) is 16.9 Å². The number of hydrogen-bond donors (Lipinski definition) is 1. The molecule has 1 aromatic rings. The van der Waals surface area contributed by atoms with Crippen molar-refractivity contribution in [1.82, 2.24) is 9.97 Å². The van der Waals surface area contributed by atoms with E-state index >= 15 is 0 Å². The van der Waals surface area contributed by atoms with Gasteiger partial charge in [-0.05, 0) is 12.7 Å². The van der Waals surface area contributed by atoms with Crippen molar-refractivity contribution in [2.75, 3.05) is 12.9 Å². The predicted molar refractivity (Wildman–Crippen MR) is 66.3 cm³/mol. The van der Waals surface area contributed by atoms with E-state index in [1.54, 1.807) is 0 Å². The number of hydrogen-bond acceptors (Lipinski definition) is 4. The van der Waals surface area contributed by atoms with Gasteiger partial charge in [-0.3, -0.25) is 9.78 Å². The molecule has 4 nitrogen and oxygen atoms in total. The van der Waals surface area contributed by atoms with E-state index in [4.69, 9.17) is 4.74 Å². The highest BCUT2D eigenvalue weighted by molar-refractivity contribution is 7.98. The fourth-order valence-corrected chi connectivity index (χ4v) is 1.64. The minimum Gasteiger partial charge on any atom is -0.487 e. The second kappa shape index (κ2) is 7.33. The number of ether oxygens (including phenoxy) is 1. The van der Waals surface area contributed by atoms with Crippen LogP contribution in [0.5, 0.6) is 5.75 Å². The molecule has 1 N–H and O–H groups in total. The van der Waals surface area contributed by atoms with Gasteiger partial charge in [-0.15, -0.1) is 0 Å². The van der Waals surface area contributed by atoms with Crippen LogP contribution in [0, 0.1) is 0 Å². The first-order valence-corrected chi connectivity index (χ1v) is 6.76. The summed E-state index contributed by atoms with van der Waals surface area (Å²) in [6.45, 7) is 2.75. The molecule has 0 bridgehead atoms. The average Bonchev–Trinajstić information content (AvgIpc) is 2.30. The van der Waals surface area contributed by atoms with Gasteiger partial charge < -0.3 is 4.74 Å². The first kappa shape index (κ1) is 13.1. The normalized spacial score (nSPS) is 10.4. The zero-order valence-corrected chi connectivity index (χ0v) is 10.6. The van der Waals surface area contributed by atoms with Crippen LogP contribution >= 0.6 is 11.8 Å². The molecule has 90 valence electrons. The van der Waals surface area contributed by atoms with Crippen molar-refractivity contribution in [2.45, 2.75) is 37.8 Å². The van der Waals surface area contributed by atoms with E-state index in [0.717, 1.165) is 12.8 Å². The maximum atomic E-state index is 11.5. The number of nitrogens with one attached hydrogen (secondary N) is 1. The fraction of sp³-hybridized carbons (Fsp3) is 0.636. The van der Waals surface area contributed by atoms with Crippen LogP contribution < -0.4 is 10.3 Å². The van der Waals surface area contributed by atoms with Crippen molar-refractivity contribution >= 4 is 11.8 Å². The fourth-order valence-electron chi connectivity index (χ4n) is 1.28. The van der Waals surface area contributed by atoms with Gasteiger partial charge >= 0.3 is 0 Å². The van der Waals surface area contributed by atoms with Gasteiger partial charge in [0.1, 0.15) is 0 Å². The molecule has 0 atom stereocenters. The molecule has 1 rings (SSSR count). The number of aromatic amines is 1. The lowest BCUT2D eigenvalue weighted by Gasteiger charge is -2.04. The van der Waals surface area contributed by atoms with Crippen molar-refractivity contribution in [3.63, 3.8) is 0 Å². The monoisotopic (exact) mass is 242 g/mol. The van der Waals surface area contributed by atoms with Crippen LogP contribution in [0.3, 0.4) is 0 Å². The van der Waals surface area contributed by atoms with Gasteiger partial charge in [-0.2, -0.15) is 0 Å². The first-order valence-electron chi connectivity index (χ1n) is 5.54. The Hall–Kier alpha value is -0.970. The van der Waals surface area contributed by atoms with Crippen LogP contribution in [0.2, 0.25) is 0 Å². The molecule has 5 heteroatoms. The average molecular weight is 242 g/mol. The number of thioether (sulfide) groups is 1. The Morgan fingerprint density at radius 3 is 2.88 bits per heavy atom. The smallest absolute Gasteiger partial charge is 0.293 e. The Bertz CT molecular complexity index is 365. The highest BCUT2D eigenvalue weighted by atomic mass is 32.2. The van der Waals surface area contributed by atoms with Crippen molar-refractivity contribution in [3.8, 4) is 5.75 Å².